The number of amides is 1. The van der Waals surface area contributed by atoms with Gasteiger partial charge in [-0.2, -0.15) is 5.10 Å². The lowest BCUT2D eigenvalue weighted by Gasteiger charge is -2.32. The number of nitrogens with one attached hydrogen (secondary N) is 1. The lowest BCUT2D eigenvalue weighted by molar-refractivity contribution is 0.0700. The number of nitrogens with zero attached hydrogens (tertiary/aromatic N) is 4. The van der Waals surface area contributed by atoms with Gasteiger partial charge in [-0.15, -0.1) is 0 Å². The van der Waals surface area contributed by atoms with Crippen molar-refractivity contribution in [2.75, 3.05) is 13.1 Å². The molecule has 1 aliphatic heterocycles. The Labute approximate surface area is 152 Å². The highest BCUT2D eigenvalue weighted by molar-refractivity contribution is 5.92. The molecular weight excluding hydrogens is 326 g/mol. The zero-order valence-electron chi connectivity index (χ0n) is 14.7. The molecule has 6 heteroatoms. The van der Waals surface area contributed by atoms with Crippen LogP contribution in [0.4, 0.5) is 0 Å². The van der Waals surface area contributed by atoms with Crippen LogP contribution in [0.25, 0.3) is 11.3 Å². The van der Waals surface area contributed by atoms with Crippen LogP contribution in [-0.2, 0) is 0 Å². The summed E-state index contributed by atoms with van der Waals surface area (Å²) in [6.07, 6.45) is 7.20. The number of H-pyrrole nitrogens is 1. The predicted octanol–water partition coefficient (Wildman–Crippen LogP) is 3.19. The summed E-state index contributed by atoms with van der Waals surface area (Å²) in [5, 5.41) is 6.63. The first-order valence-electron chi connectivity index (χ1n) is 8.88. The summed E-state index contributed by atoms with van der Waals surface area (Å²) in [5.41, 5.74) is 4.63. The Hall–Kier alpha value is -3.02. The number of carbonyl (C=O) groups excluding carboxylic acids is 1. The lowest BCUT2D eigenvalue weighted by Crippen LogP contribution is -2.39. The minimum absolute atomic E-state index is 0.00463. The zero-order valence-corrected chi connectivity index (χ0v) is 14.7. The molecule has 3 heterocycles. The quantitative estimate of drug-likeness (QED) is 0.789. The fraction of sp³-hybridized carbons (Fsp3) is 0.300. The Morgan fingerprint density at radius 1 is 1.27 bits per heavy atom. The Morgan fingerprint density at radius 3 is 3.00 bits per heavy atom. The van der Waals surface area contributed by atoms with Crippen LogP contribution in [0, 0.1) is 6.92 Å². The fourth-order valence-electron chi connectivity index (χ4n) is 3.47. The van der Waals surface area contributed by atoms with Gasteiger partial charge in [0.1, 0.15) is 5.69 Å². The summed E-state index contributed by atoms with van der Waals surface area (Å²) in [6.45, 7) is 3.49. The van der Waals surface area contributed by atoms with Crippen molar-refractivity contribution in [3.8, 4) is 11.3 Å². The molecule has 3 aromatic rings. The molecular formula is C20H21N5O. The van der Waals surface area contributed by atoms with Crippen LogP contribution < -0.4 is 0 Å². The normalized spacial score (nSPS) is 17.3. The highest BCUT2D eigenvalue weighted by Crippen LogP contribution is 2.27. The number of piperidine rings is 1. The van der Waals surface area contributed by atoms with E-state index in [-0.39, 0.29) is 11.8 Å². The molecule has 1 aliphatic rings. The molecule has 0 radical (unpaired) electrons. The average molecular weight is 347 g/mol. The molecule has 132 valence electrons. The third-order valence-corrected chi connectivity index (χ3v) is 4.83. The van der Waals surface area contributed by atoms with Gasteiger partial charge in [-0.25, -0.2) is 4.98 Å². The smallest absolute Gasteiger partial charge is 0.271 e. The SMILES string of the molecule is Cc1cccc(-c2cncc(C3CCCN(C(=O)c4ccn[nH]4)C3)n2)c1. The van der Waals surface area contributed by atoms with Crippen LogP contribution in [0.1, 0.15) is 40.5 Å². The highest BCUT2D eigenvalue weighted by Gasteiger charge is 2.27. The Morgan fingerprint density at radius 2 is 2.19 bits per heavy atom. The Kier molecular flexibility index (Phi) is 4.48. The van der Waals surface area contributed by atoms with Gasteiger partial charge in [0, 0.05) is 37.0 Å². The molecule has 4 rings (SSSR count). The monoisotopic (exact) mass is 347 g/mol. The second-order valence-corrected chi connectivity index (χ2v) is 6.76. The van der Waals surface area contributed by atoms with E-state index in [9.17, 15) is 4.79 Å². The third kappa shape index (κ3) is 3.35. The first-order chi connectivity index (χ1) is 12.7. The molecule has 0 spiro atoms. The van der Waals surface area contributed by atoms with Crippen molar-refractivity contribution in [2.24, 2.45) is 0 Å². The first-order valence-corrected chi connectivity index (χ1v) is 8.88. The summed E-state index contributed by atoms with van der Waals surface area (Å²) in [5.74, 6) is 0.197. The second-order valence-electron chi connectivity index (χ2n) is 6.76. The summed E-state index contributed by atoms with van der Waals surface area (Å²) in [7, 11) is 0. The van der Waals surface area contributed by atoms with E-state index in [0.29, 0.717) is 12.2 Å². The van der Waals surface area contributed by atoms with Gasteiger partial charge < -0.3 is 4.90 Å². The molecule has 26 heavy (non-hydrogen) atoms. The minimum atomic E-state index is -0.00463. The predicted molar refractivity (Wildman–Crippen MR) is 98.7 cm³/mol. The summed E-state index contributed by atoms with van der Waals surface area (Å²) >= 11 is 0. The van der Waals surface area contributed by atoms with Gasteiger partial charge in [-0.05, 0) is 31.9 Å². The van der Waals surface area contributed by atoms with Crippen molar-refractivity contribution in [1.82, 2.24) is 25.1 Å². The van der Waals surface area contributed by atoms with Gasteiger partial charge in [-0.1, -0.05) is 23.8 Å². The zero-order chi connectivity index (χ0) is 17.9. The number of rotatable bonds is 3. The molecule has 1 fully saturated rings. The third-order valence-electron chi connectivity index (χ3n) is 4.83. The summed E-state index contributed by atoms with van der Waals surface area (Å²) in [6, 6.07) is 9.98. The van der Waals surface area contributed by atoms with E-state index in [1.165, 1.54) is 5.56 Å². The van der Waals surface area contributed by atoms with Gasteiger partial charge in [0.05, 0.1) is 17.6 Å². The van der Waals surface area contributed by atoms with Crippen LogP contribution in [0.3, 0.4) is 0 Å². The minimum Gasteiger partial charge on any atom is -0.337 e. The van der Waals surface area contributed by atoms with E-state index in [2.05, 4.69) is 40.3 Å². The van der Waals surface area contributed by atoms with Gasteiger partial charge in [0.15, 0.2) is 0 Å². The molecule has 1 unspecified atom stereocenters. The van der Waals surface area contributed by atoms with Crippen molar-refractivity contribution in [3.05, 3.63) is 65.9 Å². The van der Waals surface area contributed by atoms with Crippen molar-refractivity contribution >= 4 is 5.91 Å². The summed E-state index contributed by atoms with van der Waals surface area (Å²) in [4.78, 5) is 23.7. The van der Waals surface area contributed by atoms with E-state index < -0.39 is 0 Å². The van der Waals surface area contributed by atoms with Crippen molar-refractivity contribution < 1.29 is 4.79 Å². The maximum atomic E-state index is 12.6. The number of aryl methyl sites for hydroxylation is 1. The van der Waals surface area contributed by atoms with Crippen LogP contribution in [0.15, 0.2) is 48.9 Å². The van der Waals surface area contributed by atoms with Gasteiger partial charge >= 0.3 is 0 Å². The van der Waals surface area contributed by atoms with E-state index >= 15 is 0 Å². The molecule has 2 aromatic heterocycles. The Balaban J connectivity index is 1.55. The maximum absolute atomic E-state index is 12.6. The van der Waals surface area contributed by atoms with Gasteiger partial charge in [-0.3, -0.25) is 14.9 Å². The second kappa shape index (κ2) is 7.07. The van der Waals surface area contributed by atoms with E-state index in [4.69, 9.17) is 4.98 Å². The van der Waals surface area contributed by atoms with E-state index in [0.717, 1.165) is 36.3 Å². The lowest BCUT2D eigenvalue weighted by atomic mass is 9.94. The molecule has 6 nitrogen and oxygen atoms in total. The summed E-state index contributed by atoms with van der Waals surface area (Å²) < 4.78 is 0. The highest BCUT2D eigenvalue weighted by atomic mass is 16.2. The molecule has 1 N–H and O–H groups in total. The molecule has 0 aliphatic carbocycles. The average Bonchev–Trinajstić information content (AvgIpc) is 3.22. The maximum Gasteiger partial charge on any atom is 0.271 e. The molecule has 1 atom stereocenters. The number of hydrogen-bond donors (Lipinski definition) is 1. The standard InChI is InChI=1S/C20H21N5O/c1-14-4-2-5-15(10-14)18-11-21-12-19(23-18)16-6-3-9-25(13-16)20(26)17-7-8-22-24-17/h2,4-5,7-8,10-12,16H,3,6,9,13H2,1H3,(H,22,24). The number of likely N-dealkylation sites (tertiary alicyclic amines) is 1. The van der Waals surface area contributed by atoms with Crippen LogP contribution >= 0.6 is 0 Å². The van der Waals surface area contributed by atoms with Gasteiger partial charge in [0.25, 0.3) is 5.91 Å². The van der Waals surface area contributed by atoms with Crippen LogP contribution in [0.5, 0.6) is 0 Å². The van der Waals surface area contributed by atoms with E-state index in [1.807, 2.05) is 17.2 Å². The number of aromatic amines is 1. The molecule has 1 amide bonds. The fourth-order valence-corrected chi connectivity index (χ4v) is 3.47. The van der Waals surface area contributed by atoms with Crippen LogP contribution in [0.2, 0.25) is 0 Å². The number of hydrogen-bond acceptors (Lipinski definition) is 4. The molecule has 0 saturated carbocycles. The van der Waals surface area contributed by atoms with Gasteiger partial charge in [0.2, 0.25) is 0 Å². The van der Waals surface area contributed by atoms with Crippen molar-refractivity contribution in [1.29, 1.82) is 0 Å². The first kappa shape index (κ1) is 16.4. The largest absolute Gasteiger partial charge is 0.337 e. The topological polar surface area (TPSA) is 74.8 Å². The number of carbonyl (C=O) groups is 1. The number of aromatic nitrogens is 4. The van der Waals surface area contributed by atoms with Crippen molar-refractivity contribution in [2.45, 2.75) is 25.7 Å². The van der Waals surface area contributed by atoms with Crippen LogP contribution in [-0.4, -0.2) is 44.1 Å². The molecule has 1 aromatic carbocycles. The van der Waals surface area contributed by atoms with Crippen molar-refractivity contribution in [3.63, 3.8) is 0 Å². The van der Waals surface area contributed by atoms with E-state index in [1.54, 1.807) is 18.5 Å². The number of benzene rings is 1. The molecule has 1 saturated heterocycles. The molecule has 0 bridgehead atoms. The Bertz CT molecular complexity index is 906.